The minimum atomic E-state index is -0.646. The van der Waals surface area contributed by atoms with Gasteiger partial charge < -0.3 is 14.8 Å². The van der Waals surface area contributed by atoms with Crippen LogP contribution in [0, 0.1) is 0 Å². The average Bonchev–Trinajstić information content (AvgIpc) is 2.95. The topological polar surface area (TPSA) is 47.6 Å². The Balaban J connectivity index is 1.89. The number of hydrogen-bond donors (Lipinski definition) is 1. The van der Waals surface area contributed by atoms with Crippen LogP contribution < -0.4 is 10.1 Å². The molecule has 2 rings (SSSR count). The Morgan fingerprint density at radius 3 is 2.81 bits per heavy atom. The van der Waals surface area contributed by atoms with E-state index in [1.807, 2.05) is 6.92 Å². The van der Waals surface area contributed by atoms with Crippen molar-refractivity contribution < 1.29 is 14.3 Å². The lowest BCUT2D eigenvalue weighted by Crippen LogP contribution is -2.46. The minimum absolute atomic E-state index is 0.0354. The maximum absolute atomic E-state index is 12.1. The van der Waals surface area contributed by atoms with Crippen LogP contribution in [0.4, 0.5) is 0 Å². The van der Waals surface area contributed by atoms with E-state index in [9.17, 15) is 4.79 Å². The molecule has 1 aromatic carbocycles. The number of ether oxygens (including phenoxy) is 2. The first-order chi connectivity index (χ1) is 9.97. The van der Waals surface area contributed by atoms with E-state index in [1.54, 1.807) is 25.1 Å². The molecule has 6 heteroatoms. The molecule has 4 nitrogen and oxygen atoms in total. The third kappa shape index (κ3) is 4.50. The second-order valence-corrected chi connectivity index (χ2v) is 6.03. The summed E-state index contributed by atoms with van der Waals surface area (Å²) in [6.07, 6.45) is 1.45. The van der Waals surface area contributed by atoms with Crippen LogP contribution in [0.25, 0.3) is 0 Å². The lowest BCUT2D eigenvalue weighted by atomic mass is 10.1. The number of hydrogen-bond acceptors (Lipinski definition) is 3. The van der Waals surface area contributed by atoms with Gasteiger partial charge >= 0.3 is 0 Å². The molecule has 3 atom stereocenters. The van der Waals surface area contributed by atoms with E-state index in [2.05, 4.69) is 5.32 Å². The van der Waals surface area contributed by atoms with E-state index in [4.69, 9.17) is 32.7 Å². The van der Waals surface area contributed by atoms with Gasteiger partial charge in [-0.25, -0.2) is 0 Å². The van der Waals surface area contributed by atoms with Gasteiger partial charge in [0.1, 0.15) is 5.75 Å². The summed E-state index contributed by atoms with van der Waals surface area (Å²) in [4.78, 5) is 12.1. The lowest BCUT2D eigenvalue weighted by Gasteiger charge is -2.22. The fraction of sp³-hybridized carbons (Fsp3) is 0.533. The standard InChI is InChI=1S/C15H19Cl2NO3/c1-9(13-4-3-7-20-13)18-15(19)10(2)21-14-6-5-11(16)8-12(14)17/h5-6,8-10,13H,3-4,7H2,1-2H3,(H,18,19)/t9-,10-,13-/m0/s1. The molecule has 1 aliphatic heterocycles. The molecule has 1 amide bonds. The molecule has 1 fully saturated rings. The Morgan fingerprint density at radius 2 is 2.19 bits per heavy atom. The van der Waals surface area contributed by atoms with Crippen molar-refractivity contribution in [1.82, 2.24) is 5.32 Å². The number of benzene rings is 1. The maximum atomic E-state index is 12.1. The summed E-state index contributed by atoms with van der Waals surface area (Å²) in [6.45, 7) is 4.38. The zero-order valence-corrected chi connectivity index (χ0v) is 13.6. The number of nitrogens with one attached hydrogen (secondary N) is 1. The molecule has 0 bridgehead atoms. The first-order valence-electron chi connectivity index (χ1n) is 7.01. The van der Waals surface area contributed by atoms with Gasteiger partial charge in [0, 0.05) is 11.6 Å². The lowest BCUT2D eigenvalue weighted by molar-refractivity contribution is -0.128. The monoisotopic (exact) mass is 331 g/mol. The summed E-state index contributed by atoms with van der Waals surface area (Å²) < 4.78 is 11.1. The van der Waals surface area contributed by atoms with Crippen LogP contribution in [-0.4, -0.2) is 30.8 Å². The number of amides is 1. The van der Waals surface area contributed by atoms with E-state index in [1.165, 1.54) is 0 Å². The van der Waals surface area contributed by atoms with Gasteiger partial charge in [0.2, 0.25) is 0 Å². The van der Waals surface area contributed by atoms with Gasteiger partial charge in [-0.15, -0.1) is 0 Å². The second-order valence-electron chi connectivity index (χ2n) is 5.18. The van der Waals surface area contributed by atoms with Crippen molar-refractivity contribution in [2.24, 2.45) is 0 Å². The zero-order chi connectivity index (χ0) is 15.4. The van der Waals surface area contributed by atoms with Crippen molar-refractivity contribution in [1.29, 1.82) is 0 Å². The van der Waals surface area contributed by atoms with Crippen LogP contribution in [0.1, 0.15) is 26.7 Å². The van der Waals surface area contributed by atoms with Gasteiger partial charge in [-0.3, -0.25) is 4.79 Å². The molecule has 1 saturated heterocycles. The number of carbonyl (C=O) groups excluding carboxylic acids is 1. The molecule has 0 spiro atoms. The van der Waals surface area contributed by atoms with Crippen LogP contribution in [0.2, 0.25) is 10.0 Å². The molecule has 0 aliphatic carbocycles. The molecule has 0 saturated carbocycles. The molecule has 1 N–H and O–H groups in total. The Bertz CT molecular complexity index is 504. The summed E-state index contributed by atoms with van der Waals surface area (Å²) in [5, 5.41) is 3.82. The third-order valence-electron chi connectivity index (χ3n) is 3.46. The van der Waals surface area contributed by atoms with Crippen molar-refractivity contribution in [2.45, 2.75) is 44.9 Å². The molecule has 1 heterocycles. The molecule has 21 heavy (non-hydrogen) atoms. The van der Waals surface area contributed by atoms with Crippen molar-refractivity contribution in [3.05, 3.63) is 28.2 Å². The highest BCUT2D eigenvalue weighted by Gasteiger charge is 2.26. The van der Waals surface area contributed by atoms with Crippen molar-refractivity contribution in [3.63, 3.8) is 0 Å². The average molecular weight is 332 g/mol. The summed E-state index contributed by atoms with van der Waals surface area (Å²) in [5.74, 6) is 0.248. The molecule has 1 aromatic rings. The Labute approximate surface area is 134 Å². The van der Waals surface area contributed by atoms with Gasteiger partial charge in [-0.05, 0) is 44.9 Å². The first kappa shape index (κ1) is 16.4. The summed E-state index contributed by atoms with van der Waals surface area (Å²) in [6, 6.07) is 4.87. The maximum Gasteiger partial charge on any atom is 0.261 e. The molecule has 1 aliphatic rings. The highest BCUT2D eigenvalue weighted by Crippen LogP contribution is 2.28. The van der Waals surface area contributed by atoms with Gasteiger partial charge in [-0.2, -0.15) is 0 Å². The molecular formula is C15H19Cl2NO3. The highest BCUT2D eigenvalue weighted by molar-refractivity contribution is 6.35. The summed E-state index contributed by atoms with van der Waals surface area (Å²) in [7, 11) is 0. The fourth-order valence-electron chi connectivity index (χ4n) is 2.25. The minimum Gasteiger partial charge on any atom is -0.479 e. The number of carbonyl (C=O) groups is 1. The fourth-order valence-corrected chi connectivity index (χ4v) is 2.70. The van der Waals surface area contributed by atoms with Gasteiger partial charge in [0.15, 0.2) is 6.10 Å². The van der Waals surface area contributed by atoms with Gasteiger partial charge in [-0.1, -0.05) is 23.2 Å². The number of rotatable bonds is 5. The highest BCUT2D eigenvalue weighted by atomic mass is 35.5. The van der Waals surface area contributed by atoms with Crippen LogP contribution in [0.5, 0.6) is 5.75 Å². The van der Waals surface area contributed by atoms with E-state index in [0.29, 0.717) is 15.8 Å². The van der Waals surface area contributed by atoms with Crippen LogP contribution in [0.3, 0.4) is 0 Å². The molecule has 0 unspecified atom stereocenters. The zero-order valence-electron chi connectivity index (χ0n) is 12.1. The summed E-state index contributed by atoms with van der Waals surface area (Å²) >= 11 is 11.9. The summed E-state index contributed by atoms with van der Waals surface area (Å²) in [5.41, 5.74) is 0. The van der Waals surface area contributed by atoms with Crippen molar-refractivity contribution in [2.75, 3.05) is 6.61 Å². The van der Waals surface area contributed by atoms with E-state index >= 15 is 0 Å². The van der Waals surface area contributed by atoms with Gasteiger partial charge in [0.05, 0.1) is 17.2 Å². The van der Waals surface area contributed by atoms with Gasteiger partial charge in [0.25, 0.3) is 5.91 Å². The van der Waals surface area contributed by atoms with Crippen molar-refractivity contribution in [3.8, 4) is 5.75 Å². The van der Waals surface area contributed by atoms with E-state index in [-0.39, 0.29) is 18.1 Å². The SMILES string of the molecule is C[C@H](Oc1ccc(Cl)cc1Cl)C(=O)N[C@@H](C)[C@@H]1CCCO1. The predicted octanol–water partition coefficient (Wildman–Crippen LogP) is 3.44. The smallest absolute Gasteiger partial charge is 0.261 e. The quantitative estimate of drug-likeness (QED) is 0.898. The Morgan fingerprint density at radius 1 is 1.43 bits per heavy atom. The predicted molar refractivity (Wildman–Crippen MR) is 83.1 cm³/mol. The number of halogens is 2. The Hall–Kier alpha value is -0.970. The molecule has 116 valence electrons. The van der Waals surface area contributed by atoms with Crippen LogP contribution >= 0.6 is 23.2 Å². The second kappa shape index (κ2) is 7.34. The normalized spacial score (nSPS) is 20.9. The van der Waals surface area contributed by atoms with Crippen LogP contribution in [-0.2, 0) is 9.53 Å². The Kier molecular flexibility index (Phi) is 5.73. The molecule has 0 aromatic heterocycles. The van der Waals surface area contributed by atoms with Crippen molar-refractivity contribution >= 4 is 29.1 Å². The van der Waals surface area contributed by atoms with E-state index in [0.717, 1.165) is 19.4 Å². The van der Waals surface area contributed by atoms with E-state index < -0.39 is 6.10 Å². The first-order valence-corrected chi connectivity index (χ1v) is 7.76. The molecule has 0 radical (unpaired) electrons. The molecular weight excluding hydrogens is 313 g/mol. The third-order valence-corrected chi connectivity index (χ3v) is 3.99. The van der Waals surface area contributed by atoms with Crippen LogP contribution in [0.15, 0.2) is 18.2 Å². The largest absolute Gasteiger partial charge is 0.479 e.